The maximum absolute atomic E-state index is 11.4. The van der Waals surface area contributed by atoms with Crippen molar-refractivity contribution < 1.29 is 4.92 Å². The minimum Gasteiger partial charge on any atom is -0.380 e. The fourth-order valence-electron chi connectivity index (χ4n) is 2.91. The fourth-order valence-corrected chi connectivity index (χ4v) is 3.45. The molecular formula is C23H22Cl2N4O2. The first-order valence-electron chi connectivity index (χ1n) is 9.57. The number of non-ortho nitro benzene ring substituents is 1. The van der Waals surface area contributed by atoms with Crippen LogP contribution in [-0.4, -0.2) is 14.7 Å². The molecule has 1 N–H and O–H groups in total. The zero-order chi connectivity index (χ0) is 22.8. The van der Waals surface area contributed by atoms with E-state index in [1.54, 1.807) is 36.0 Å². The van der Waals surface area contributed by atoms with Crippen LogP contribution in [0, 0.1) is 27.4 Å². The molecule has 2 aromatic carbocycles. The molecule has 31 heavy (non-hydrogen) atoms. The van der Waals surface area contributed by atoms with Gasteiger partial charge < -0.3 is 5.32 Å². The van der Waals surface area contributed by atoms with E-state index in [9.17, 15) is 10.1 Å². The number of aromatic nitrogens is 2. The molecule has 160 valence electrons. The normalized spacial score (nSPS) is 11.0. The smallest absolute Gasteiger partial charge is 0.270 e. The van der Waals surface area contributed by atoms with E-state index in [0.717, 1.165) is 5.56 Å². The zero-order valence-electron chi connectivity index (χ0n) is 17.7. The van der Waals surface area contributed by atoms with Gasteiger partial charge in [-0.15, -0.1) is 0 Å². The lowest BCUT2D eigenvalue weighted by Crippen LogP contribution is -2.04. The van der Waals surface area contributed by atoms with Gasteiger partial charge in [0.15, 0.2) is 0 Å². The number of halogens is 2. The first-order valence-corrected chi connectivity index (χ1v) is 10.3. The van der Waals surface area contributed by atoms with Crippen LogP contribution in [0.1, 0.15) is 31.9 Å². The second kappa shape index (κ2) is 9.01. The van der Waals surface area contributed by atoms with Crippen molar-refractivity contribution in [3.05, 3.63) is 73.9 Å². The number of nitrogens with one attached hydrogen (secondary N) is 1. The van der Waals surface area contributed by atoms with E-state index >= 15 is 0 Å². The third kappa shape index (κ3) is 5.57. The number of hydrogen-bond donors (Lipinski definition) is 1. The molecule has 0 aliphatic rings. The van der Waals surface area contributed by atoms with Crippen LogP contribution in [0.3, 0.4) is 0 Å². The number of benzene rings is 2. The molecule has 0 spiro atoms. The lowest BCUT2D eigenvalue weighted by Gasteiger charge is -2.13. The van der Waals surface area contributed by atoms with Crippen molar-refractivity contribution >= 4 is 34.6 Å². The highest BCUT2D eigenvalue weighted by Gasteiger charge is 2.18. The number of nitro groups is 1. The van der Waals surface area contributed by atoms with E-state index in [2.05, 4.69) is 22.3 Å². The Morgan fingerprint density at radius 3 is 2.48 bits per heavy atom. The van der Waals surface area contributed by atoms with Gasteiger partial charge in [0.25, 0.3) is 5.69 Å². The molecule has 0 radical (unpaired) electrons. The fraction of sp³-hybridized carbons (Fsp3) is 0.261. The lowest BCUT2D eigenvalue weighted by atomic mass is 9.97. The Labute approximate surface area is 191 Å². The molecule has 0 amide bonds. The predicted molar refractivity (Wildman–Crippen MR) is 125 cm³/mol. The van der Waals surface area contributed by atoms with E-state index in [-0.39, 0.29) is 11.1 Å². The minimum atomic E-state index is -0.429. The van der Waals surface area contributed by atoms with Gasteiger partial charge in [-0.3, -0.25) is 14.8 Å². The van der Waals surface area contributed by atoms with E-state index < -0.39 is 4.92 Å². The Balaban J connectivity index is 2.08. The molecule has 0 aliphatic heterocycles. The standard InChI is InChI=1S/C23H22Cl2N4O2/c1-23(2,3)11-10-15-14-28(4)27-22(15)17-12-16(29(30)31)8-9-21(17)26-13-18-19(24)6-5-7-20(18)25/h5-9,12,14,26H,13H2,1-4H3. The summed E-state index contributed by atoms with van der Waals surface area (Å²) >= 11 is 12.6. The summed E-state index contributed by atoms with van der Waals surface area (Å²) in [5.74, 6) is 6.37. The molecule has 8 heteroatoms. The summed E-state index contributed by atoms with van der Waals surface area (Å²) in [5.41, 5.74) is 3.01. The molecule has 6 nitrogen and oxygen atoms in total. The van der Waals surface area contributed by atoms with Gasteiger partial charge >= 0.3 is 0 Å². The van der Waals surface area contributed by atoms with Crippen LogP contribution in [0.25, 0.3) is 11.3 Å². The highest BCUT2D eigenvalue weighted by molar-refractivity contribution is 6.36. The summed E-state index contributed by atoms with van der Waals surface area (Å²) in [7, 11) is 1.79. The van der Waals surface area contributed by atoms with Crippen LogP contribution in [-0.2, 0) is 13.6 Å². The Morgan fingerprint density at radius 2 is 1.87 bits per heavy atom. The van der Waals surface area contributed by atoms with E-state index in [1.165, 1.54) is 12.1 Å². The molecule has 0 bridgehead atoms. The van der Waals surface area contributed by atoms with Crippen molar-refractivity contribution in [2.24, 2.45) is 12.5 Å². The molecule has 0 unspecified atom stereocenters. The van der Waals surface area contributed by atoms with Gasteiger partial charge in [0.1, 0.15) is 5.69 Å². The minimum absolute atomic E-state index is 0.0308. The topological polar surface area (TPSA) is 73.0 Å². The van der Waals surface area contributed by atoms with E-state index in [0.29, 0.717) is 39.1 Å². The highest BCUT2D eigenvalue weighted by atomic mass is 35.5. The monoisotopic (exact) mass is 456 g/mol. The Hall–Kier alpha value is -3.01. The Morgan fingerprint density at radius 1 is 1.19 bits per heavy atom. The summed E-state index contributed by atoms with van der Waals surface area (Å²) in [6.07, 6.45) is 1.81. The molecule has 0 saturated carbocycles. The Bertz CT molecular complexity index is 1180. The van der Waals surface area contributed by atoms with Crippen LogP contribution in [0.4, 0.5) is 11.4 Å². The molecule has 1 aromatic heterocycles. The number of anilines is 1. The Kier molecular flexibility index (Phi) is 6.59. The van der Waals surface area contributed by atoms with Crippen molar-refractivity contribution in [1.29, 1.82) is 0 Å². The third-order valence-corrected chi connectivity index (χ3v) is 5.10. The van der Waals surface area contributed by atoms with Crippen LogP contribution >= 0.6 is 23.2 Å². The van der Waals surface area contributed by atoms with E-state index in [4.69, 9.17) is 23.2 Å². The second-order valence-corrected chi connectivity index (χ2v) is 8.92. The van der Waals surface area contributed by atoms with Crippen LogP contribution in [0.15, 0.2) is 42.6 Å². The number of aryl methyl sites for hydroxylation is 1. The third-order valence-electron chi connectivity index (χ3n) is 4.39. The summed E-state index contributed by atoms with van der Waals surface area (Å²) in [6, 6.07) is 9.91. The van der Waals surface area contributed by atoms with E-state index in [1.807, 2.05) is 27.0 Å². The van der Waals surface area contributed by atoms with Crippen molar-refractivity contribution in [1.82, 2.24) is 9.78 Å². The molecular weight excluding hydrogens is 435 g/mol. The summed E-state index contributed by atoms with van der Waals surface area (Å²) in [6.45, 7) is 6.40. The average Bonchev–Trinajstić information content (AvgIpc) is 3.06. The quantitative estimate of drug-likeness (QED) is 0.277. The molecule has 3 aromatic rings. The number of nitro benzene ring substituents is 1. The number of rotatable bonds is 5. The van der Waals surface area contributed by atoms with Gasteiger partial charge in [-0.1, -0.05) is 41.1 Å². The first kappa shape index (κ1) is 22.7. The highest BCUT2D eigenvalue weighted by Crippen LogP contribution is 2.34. The van der Waals surface area contributed by atoms with Crippen LogP contribution < -0.4 is 5.32 Å². The van der Waals surface area contributed by atoms with Gasteiger partial charge in [-0.25, -0.2) is 0 Å². The largest absolute Gasteiger partial charge is 0.380 e. The molecule has 3 rings (SSSR count). The van der Waals surface area contributed by atoms with Crippen molar-refractivity contribution in [3.8, 4) is 23.1 Å². The maximum Gasteiger partial charge on any atom is 0.270 e. The van der Waals surface area contributed by atoms with Crippen LogP contribution in [0.2, 0.25) is 10.0 Å². The summed E-state index contributed by atoms with van der Waals surface area (Å²) < 4.78 is 1.65. The molecule has 0 saturated heterocycles. The first-order chi connectivity index (χ1) is 14.5. The molecule has 0 aliphatic carbocycles. The van der Waals surface area contributed by atoms with Crippen molar-refractivity contribution in [2.75, 3.05) is 5.32 Å². The van der Waals surface area contributed by atoms with Crippen LogP contribution in [0.5, 0.6) is 0 Å². The lowest BCUT2D eigenvalue weighted by molar-refractivity contribution is -0.384. The van der Waals surface area contributed by atoms with Gasteiger partial charge in [0, 0.05) is 64.2 Å². The van der Waals surface area contributed by atoms with Crippen molar-refractivity contribution in [3.63, 3.8) is 0 Å². The van der Waals surface area contributed by atoms with Gasteiger partial charge in [-0.2, -0.15) is 5.10 Å². The molecule has 0 fully saturated rings. The van der Waals surface area contributed by atoms with Gasteiger partial charge in [-0.05, 0) is 39.0 Å². The molecule has 1 heterocycles. The van der Waals surface area contributed by atoms with Gasteiger partial charge in [0.05, 0.1) is 10.5 Å². The average molecular weight is 457 g/mol. The number of hydrogen-bond acceptors (Lipinski definition) is 4. The second-order valence-electron chi connectivity index (χ2n) is 8.11. The molecule has 0 atom stereocenters. The van der Waals surface area contributed by atoms with Crippen molar-refractivity contribution in [2.45, 2.75) is 27.3 Å². The zero-order valence-corrected chi connectivity index (χ0v) is 19.2. The predicted octanol–water partition coefficient (Wildman–Crippen LogP) is 6.31. The number of nitrogens with zero attached hydrogens (tertiary/aromatic N) is 3. The maximum atomic E-state index is 11.4. The van der Waals surface area contributed by atoms with Gasteiger partial charge in [0.2, 0.25) is 0 Å². The SMILES string of the molecule is Cn1cc(C#CC(C)(C)C)c(-c2cc([N+](=O)[O-])ccc2NCc2c(Cl)cccc2Cl)n1. The summed E-state index contributed by atoms with van der Waals surface area (Å²) in [5, 5.41) is 20.3. The summed E-state index contributed by atoms with van der Waals surface area (Å²) in [4.78, 5) is 11.0.